The lowest BCUT2D eigenvalue weighted by molar-refractivity contribution is 0.0551. The van der Waals surface area contributed by atoms with Gasteiger partial charge in [-0.1, -0.05) is 11.8 Å². The molecule has 0 heterocycles. The normalized spacial score (nSPS) is 13.4. The number of rotatable bonds is 14. The predicted octanol–water partition coefficient (Wildman–Crippen LogP) is 4.82. The quantitative estimate of drug-likeness (QED) is 0.397. The molecular weight excluding hydrogens is 424 g/mol. The summed E-state index contributed by atoms with van der Waals surface area (Å²) in [5, 5.41) is 19.7. The Morgan fingerprint density at radius 3 is 1.34 bits per heavy atom. The van der Waals surface area contributed by atoms with Gasteiger partial charge < -0.3 is 19.7 Å². The van der Waals surface area contributed by atoms with Crippen LogP contribution in [0.4, 0.5) is 0 Å². The van der Waals surface area contributed by atoms with Crippen LogP contribution in [0.5, 0.6) is 0 Å². The minimum atomic E-state index is -0.439. The summed E-state index contributed by atoms with van der Waals surface area (Å²) in [5.74, 6) is 1.26. The van der Waals surface area contributed by atoms with Crippen LogP contribution >= 0.6 is 35.3 Å². The molecule has 0 aliphatic carbocycles. The number of aliphatic hydroxyl groups excluding tert-OH is 2. The molecule has 0 spiro atoms. The van der Waals surface area contributed by atoms with Gasteiger partial charge >= 0.3 is 0 Å². The SMILES string of the molecule is CCOCC(O)CSc1ccc(Sc2ccc(SCC(O)COCC)cc2)cc1. The largest absolute Gasteiger partial charge is 0.390 e. The van der Waals surface area contributed by atoms with Gasteiger partial charge in [0.05, 0.1) is 25.4 Å². The molecule has 2 N–H and O–H groups in total. The molecule has 160 valence electrons. The average Bonchev–Trinajstić information content (AvgIpc) is 2.75. The van der Waals surface area contributed by atoms with E-state index in [-0.39, 0.29) is 0 Å². The predicted molar refractivity (Wildman–Crippen MR) is 123 cm³/mol. The molecule has 4 nitrogen and oxygen atoms in total. The first-order valence-electron chi connectivity index (χ1n) is 9.75. The molecule has 2 aromatic carbocycles. The highest BCUT2D eigenvalue weighted by atomic mass is 32.2. The third-order valence-electron chi connectivity index (χ3n) is 3.80. The molecular formula is C22H30O4S3. The molecule has 0 bridgehead atoms. The van der Waals surface area contributed by atoms with Crippen LogP contribution in [0.2, 0.25) is 0 Å². The van der Waals surface area contributed by atoms with E-state index in [4.69, 9.17) is 9.47 Å². The molecule has 2 unspecified atom stereocenters. The second-order valence-electron chi connectivity index (χ2n) is 6.29. The summed E-state index contributed by atoms with van der Waals surface area (Å²) >= 11 is 4.99. The second kappa shape index (κ2) is 14.4. The van der Waals surface area contributed by atoms with Gasteiger partial charge in [0, 0.05) is 44.3 Å². The standard InChI is InChI=1S/C22H30O4S3/c1-3-25-13-17(23)15-27-19-5-9-21(10-6-19)29-22-11-7-20(8-12-22)28-16-18(24)14-26-4-2/h5-12,17-18,23-24H,3-4,13-16H2,1-2H3. The number of thioether (sulfide) groups is 2. The average molecular weight is 455 g/mol. The summed E-state index contributed by atoms with van der Waals surface area (Å²) in [5.41, 5.74) is 0. The maximum Gasteiger partial charge on any atom is 0.0867 e. The Balaban J connectivity index is 1.76. The number of ether oxygens (including phenoxy) is 2. The summed E-state index contributed by atoms with van der Waals surface area (Å²) in [7, 11) is 0. The maximum absolute atomic E-state index is 9.85. The van der Waals surface area contributed by atoms with E-state index >= 15 is 0 Å². The van der Waals surface area contributed by atoms with Crippen LogP contribution in [0.15, 0.2) is 68.1 Å². The highest BCUT2D eigenvalue weighted by Gasteiger charge is 2.07. The van der Waals surface area contributed by atoms with Gasteiger partial charge in [-0.2, -0.15) is 0 Å². The summed E-state index contributed by atoms with van der Waals surface area (Å²) in [4.78, 5) is 4.64. The van der Waals surface area contributed by atoms with Crippen LogP contribution in [0.1, 0.15) is 13.8 Å². The summed E-state index contributed by atoms with van der Waals surface area (Å²) in [6.07, 6.45) is -0.878. The van der Waals surface area contributed by atoms with E-state index in [1.807, 2.05) is 13.8 Å². The fraction of sp³-hybridized carbons (Fsp3) is 0.455. The molecule has 29 heavy (non-hydrogen) atoms. The lowest BCUT2D eigenvalue weighted by atomic mass is 10.4. The third-order valence-corrected chi connectivity index (χ3v) is 7.13. The first-order valence-corrected chi connectivity index (χ1v) is 12.5. The van der Waals surface area contributed by atoms with E-state index in [9.17, 15) is 10.2 Å². The van der Waals surface area contributed by atoms with Crippen molar-refractivity contribution in [3.8, 4) is 0 Å². The molecule has 2 rings (SSSR count). The molecule has 0 radical (unpaired) electrons. The third kappa shape index (κ3) is 10.3. The van der Waals surface area contributed by atoms with Gasteiger partial charge in [0.2, 0.25) is 0 Å². The second-order valence-corrected chi connectivity index (χ2v) is 9.63. The van der Waals surface area contributed by atoms with Crippen LogP contribution in [-0.2, 0) is 9.47 Å². The zero-order valence-corrected chi connectivity index (χ0v) is 19.4. The van der Waals surface area contributed by atoms with Crippen LogP contribution in [-0.4, -0.2) is 60.4 Å². The molecule has 0 saturated heterocycles. The fourth-order valence-electron chi connectivity index (χ4n) is 2.33. The summed E-state index contributed by atoms with van der Waals surface area (Å²) in [6, 6.07) is 16.8. The van der Waals surface area contributed by atoms with Crippen molar-refractivity contribution in [1.82, 2.24) is 0 Å². The Bertz CT molecular complexity index is 620. The Morgan fingerprint density at radius 2 is 1.00 bits per heavy atom. The van der Waals surface area contributed by atoms with Crippen LogP contribution in [0, 0.1) is 0 Å². The fourth-order valence-corrected chi connectivity index (χ4v) is 4.77. The Labute approximate surface area is 186 Å². The lowest BCUT2D eigenvalue weighted by Crippen LogP contribution is -2.17. The van der Waals surface area contributed by atoms with E-state index in [0.717, 1.165) is 9.79 Å². The molecule has 0 aliphatic heterocycles. The van der Waals surface area contributed by atoms with Gasteiger partial charge in [0.15, 0.2) is 0 Å². The van der Waals surface area contributed by atoms with Crippen molar-refractivity contribution in [3.63, 3.8) is 0 Å². The van der Waals surface area contributed by atoms with Gasteiger partial charge in [0.1, 0.15) is 0 Å². The topological polar surface area (TPSA) is 58.9 Å². The van der Waals surface area contributed by atoms with Gasteiger partial charge in [0.25, 0.3) is 0 Å². The van der Waals surface area contributed by atoms with Crippen molar-refractivity contribution in [1.29, 1.82) is 0 Å². The number of aliphatic hydroxyl groups is 2. The van der Waals surface area contributed by atoms with Crippen molar-refractivity contribution in [2.24, 2.45) is 0 Å². The lowest BCUT2D eigenvalue weighted by Gasteiger charge is -2.11. The van der Waals surface area contributed by atoms with Crippen molar-refractivity contribution >= 4 is 35.3 Å². The van der Waals surface area contributed by atoms with Crippen LogP contribution in [0.25, 0.3) is 0 Å². The highest BCUT2D eigenvalue weighted by molar-refractivity contribution is 8.00. The van der Waals surface area contributed by atoms with Gasteiger partial charge in [-0.3, -0.25) is 0 Å². The van der Waals surface area contributed by atoms with E-state index in [0.29, 0.717) is 37.9 Å². The minimum absolute atomic E-state index is 0.386. The number of hydrogen-bond acceptors (Lipinski definition) is 7. The smallest absolute Gasteiger partial charge is 0.0867 e. The molecule has 0 saturated carbocycles. The van der Waals surface area contributed by atoms with E-state index in [1.165, 1.54) is 9.79 Å². The zero-order valence-electron chi connectivity index (χ0n) is 17.0. The van der Waals surface area contributed by atoms with Crippen molar-refractivity contribution in [2.45, 2.75) is 45.6 Å². The molecule has 7 heteroatoms. The first-order chi connectivity index (χ1) is 14.1. The summed E-state index contributed by atoms with van der Waals surface area (Å²) in [6.45, 7) is 5.88. The molecule has 0 amide bonds. The Morgan fingerprint density at radius 1 is 0.655 bits per heavy atom. The van der Waals surface area contributed by atoms with E-state index in [1.54, 1.807) is 35.3 Å². The van der Waals surface area contributed by atoms with Crippen molar-refractivity contribution < 1.29 is 19.7 Å². The summed E-state index contributed by atoms with van der Waals surface area (Å²) < 4.78 is 10.5. The molecule has 2 aromatic rings. The van der Waals surface area contributed by atoms with Crippen molar-refractivity contribution in [3.05, 3.63) is 48.5 Å². The molecule has 0 aromatic heterocycles. The Kier molecular flexibility index (Phi) is 12.2. The highest BCUT2D eigenvalue weighted by Crippen LogP contribution is 2.31. The number of benzene rings is 2. The minimum Gasteiger partial charge on any atom is -0.390 e. The molecule has 2 atom stereocenters. The molecule has 0 fully saturated rings. The van der Waals surface area contributed by atoms with Gasteiger partial charge in [-0.25, -0.2) is 0 Å². The van der Waals surface area contributed by atoms with E-state index < -0.39 is 12.2 Å². The Hall–Kier alpha value is -0.670. The zero-order chi connectivity index (χ0) is 20.9. The first kappa shape index (κ1) is 24.6. The van der Waals surface area contributed by atoms with Crippen molar-refractivity contribution in [2.75, 3.05) is 37.9 Å². The van der Waals surface area contributed by atoms with Gasteiger partial charge in [-0.05, 0) is 62.4 Å². The monoisotopic (exact) mass is 454 g/mol. The number of hydrogen-bond donors (Lipinski definition) is 2. The van der Waals surface area contributed by atoms with E-state index in [2.05, 4.69) is 48.5 Å². The van der Waals surface area contributed by atoms with Crippen LogP contribution < -0.4 is 0 Å². The van der Waals surface area contributed by atoms with Crippen LogP contribution in [0.3, 0.4) is 0 Å². The van der Waals surface area contributed by atoms with Gasteiger partial charge in [-0.15, -0.1) is 23.5 Å². The maximum atomic E-state index is 9.85. The molecule has 0 aliphatic rings.